The molecule has 0 unspecified atom stereocenters. The Morgan fingerprint density at radius 1 is 1.08 bits per heavy atom. The summed E-state index contributed by atoms with van der Waals surface area (Å²) >= 11 is 1.92. The van der Waals surface area contributed by atoms with E-state index in [1.165, 1.54) is 12.1 Å². The van der Waals surface area contributed by atoms with Crippen LogP contribution in [0.1, 0.15) is 39.1 Å². The van der Waals surface area contributed by atoms with Crippen LogP contribution in [0.25, 0.3) is 0 Å². The maximum atomic E-state index is 12.4. The normalized spacial score (nSPS) is 14.8. The minimum atomic E-state index is -1.05. The van der Waals surface area contributed by atoms with Gasteiger partial charge in [-0.05, 0) is 48.7 Å². The Bertz CT molecular complexity index is 787. The lowest BCUT2D eigenvalue weighted by Crippen LogP contribution is -2.17. The lowest BCUT2D eigenvalue weighted by atomic mass is 10.1. The zero-order valence-corrected chi connectivity index (χ0v) is 15.1. The van der Waals surface area contributed by atoms with Gasteiger partial charge in [-0.25, -0.2) is 4.79 Å². The lowest BCUT2D eigenvalue weighted by molar-refractivity contribution is 0.0697. The number of carbonyl (C=O) groups excluding carboxylic acids is 1. The number of benzene rings is 2. The first kappa shape index (κ1) is 18.5. The number of ether oxygens (including phenoxy) is 1. The Labute approximate surface area is 156 Å². The molecule has 0 bridgehead atoms. The number of carbonyl (C=O) groups is 2. The zero-order chi connectivity index (χ0) is 18.4. The molecule has 136 valence electrons. The summed E-state index contributed by atoms with van der Waals surface area (Å²) in [6.07, 6.45) is 2.17. The number of aromatic carboxylic acids is 1. The fourth-order valence-corrected chi connectivity index (χ4v) is 3.93. The Morgan fingerprint density at radius 2 is 1.81 bits per heavy atom. The maximum Gasteiger partial charge on any atom is 0.335 e. The van der Waals surface area contributed by atoms with E-state index in [4.69, 9.17) is 9.84 Å². The fraction of sp³-hybridized carbons (Fsp3) is 0.300. The summed E-state index contributed by atoms with van der Waals surface area (Å²) < 4.78 is 5.38. The first-order chi connectivity index (χ1) is 12.6. The predicted octanol–water partition coefficient (Wildman–Crippen LogP) is 4.05. The molecule has 5 nitrogen and oxygen atoms in total. The van der Waals surface area contributed by atoms with Gasteiger partial charge in [-0.1, -0.05) is 18.2 Å². The predicted molar refractivity (Wildman–Crippen MR) is 103 cm³/mol. The van der Waals surface area contributed by atoms with E-state index in [0.29, 0.717) is 16.5 Å². The van der Waals surface area contributed by atoms with Crippen LogP contribution >= 0.6 is 11.8 Å². The second-order valence-electron chi connectivity index (χ2n) is 6.16. The third-order valence-corrected chi connectivity index (χ3v) is 5.65. The molecule has 0 radical (unpaired) electrons. The smallest absolute Gasteiger partial charge is 0.335 e. The molecule has 2 aromatic carbocycles. The van der Waals surface area contributed by atoms with E-state index in [1.54, 1.807) is 12.1 Å². The van der Waals surface area contributed by atoms with E-state index in [0.717, 1.165) is 37.4 Å². The van der Waals surface area contributed by atoms with Gasteiger partial charge >= 0.3 is 5.97 Å². The first-order valence-corrected chi connectivity index (χ1v) is 9.60. The van der Waals surface area contributed by atoms with E-state index >= 15 is 0 Å². The highest BCUT2D eigenvalue weighted by Crippen LogP contribution is 2.26. The summed E-state index contributed by atoms with van der Waals surface area (Å²) in [5.74, 6) is -0.475. The van der Waals surface area contributed by atoms with E-state index in [2.05, 4.69) is 5.32 Å². The van der Waals surface area contributed by atoms with Crippen molar-refractivity contribution in [3.63, 3.8) is 0 Å². The molecule has 1 heterocycles. The third-order valence-electron chi connectivity index (χ3n) is 4.21. The molecule has 0 aromatic heterocycles. The van der Waals surface area contributed by atoms with Gasteiger partial charge < -0.3 is 15.2 Å². The van der Waals surface area contributed by atoms with Gasteiger partial charge in [0.1, 0.15) is 0 Å². The fourth-order valence-electron chi connectivity index (χ4n) is 2.79. The number of hydrogen-bond donors (Lipinski definition) is 2. The Morgan fingerprint density at radius 3 is 2.58 bits per heavy atom. The van der Waals surface area contributed by atoms with Crippen molar-refractivity contribution >= 4 is 29.3 Å². The van der Waals surface area contributed by atoms with Crippen molar-refractivity contribution in [2.24, 2.45) is 0 Å². The van der Waals surface area contributed by atoms with Crippen LogP contribution in [0.15, 0.2) is 48.5 Å². The van der Waals surface area contributed by atoms with Crippen LogP contribution in [0.5, 0.6) is 0 Å². The Kier molecular flexibility index (Phi) is 6.30. The van der Waals surface area contributed by atoms with Crippen LogP contribution < -0.4 is 5.32 Å². The molecule has 1 amide bonds. The number of thioether (sulfide) groups is 1. The monoisotopic (exact) mass is 371 g/mol. The minimum Gasteiger partial charge on any atom is -0.478 e. The van der Waals surface area contributed by atoms with Gasteiger partial charge in [0.15, 0.2) is 0 Å². The van der Waals surface area contributed by atoms with E-state index in [-0.39, 0.29) is 11.5 Å². The molecule has 3 rings (SSSR count). The molecule has 1 aliphatic rings. The van der Waals surface area contributed by atoms with Crippen LogP contribution in [0, 0.1) is 0 Å². The molecule has 2 aromatic rings. The second kappa shape index (κ2) is 8.87. The molecular formula is C20H21NO4S. The molecule has 0 aliphatic carbocycles. The van der Waals surface area contributed by atoms with Crippen LogP contribution in [0.2, 0.25) is 0 Å². The summed E-state index contributed by atoms with van der Waals surface area (Å²) in [4.78, 5) is 23.4. The van der Waals surface area contributed by atoms with Crippen molar-refractivity contribution < 1.29 is 19.4 Å². The van der Waals surface area contributed by atoms with Gasteiger partial charge in [-0.15, -0.1) is 0 Å². The molecule has 0 spiro atoms. The Hall–Kier alpha value is -2.31. The third kappa shape index (κ3) is 5.09. The van der Waals surface area contributed by atoms with Crippen LogP contribution in [0.3, 0.4) is 0 Å². The molecular weight excluding hydrogens is 350 g/mol. The van der Waals surface area contributed by atoms with Crippen molar-refractivity contribution in [3.05, 3.63) is 65.2 Å². The number of rotatable bonds is 6. The number of carboxylic acids is 1. The maximum absolute atomic E-state index is 12.4. The second-order valence-corrected chi connectivity index (χ2v) is 7.45. The van der Waals surface area contributed by atoms with Gasteiger partial charge in [0.25, 0.3) is 5.91 Å². The summed E-state index contributed by atoms with van der Waals surface area (Å²) in [6.45, 7) is 1.67. The summed E-state index contributed by atoms with van der Waals surface area (Å²) in [5, 5.41) is 12.5. The SMILES string of the molecule is O=C(O)c1cccc(C(=O)Nc2cccc(CSC3CCOCC3)c2)c1. The average molecular weight is 371 g/mol. The highest BCUT2D eigenvalue weighted by molar-refractivity contribution is 7.99. The number of nitrogens with one attached hydrogen (secondary N) is 1. The van der Waals surface area contributed by atoms with E-state index < -0.39 is 5.97 Å². The molecule has 1 saturated heterocycles. The van der Waals surface area contributed by atoms with E-state index in [1.807, 2.05) is 36.0 Å². The van der Waals surface area contributed by atoms with Gasteiger partial charge in [-0.3, -0.25) is 4.79 Å². The van der Waals surface area contributed by atoms with Crippen LogP contribution in [0.4, 0.5) is 5.69 Å². The molecule has 1 aliphatic heterocycles. The lowest BCUT2D eigenvalue weighted by Gasteiger charge is -2.21. The molecule has 0 saturated carbocycles. The topological polar surface area (TPSA) is 75.6 Å². The molecule has 1 fully saturated rings. The van der Waals surface area contributed by atoms with Crippen molar-refractivity contribution in [1.82, 2.24) is 0 Å². The zero-order valence-electron chi connectivity index (χ0n) is 14.3. The Balaban J connectivity index is 1.61. The number of anilines is 1. The van der Waals surface area contributed by atoms with E-state index in [9.17, 15) is 9.59 Å². The summed E-state index contributed by atoms with van der Waals surface area (Å²) in [5.41, 5.74) is 2.28. The summed E-state index contributed by atoms with van der Waals surface area (Å²) in [7, 11) is 0. The standard InChI is InChI=1S/C20H21NO4S/c22-19(15-4-2-5-16(12-15)20(23)24)21-17-6-1-3-14(11-17)13-26-18-7-9-25-10-8-18/h1-6,11-12,18H,7-10,13H2,(H,21,22)(H,23,24). The van der Waals surface area contributed by atoms with Gasteiger partial charge in [0, 0.05) is 35.5 Å². The van der Waals surface area contributed by atoms with Crippen LogP contribution in [-0.2, 0) is 10.5 Å². The van der Waals surface area contributed by atoms with Crippen molar-refractivity contribution in [2.75, 3.05) is 18.5 Å². The quantitative estimate of drug-likeness (QED) is 0.801. The highest BCUT2D eigenvalue weighted by Gasteiger charge is 2.14. The van der Waals surface area contributed by atoms with Gasteiger partial charge in [-0.2, -0.15) is 11.8 Å². The molecule has 6 heteroatoms. The summed E-state index contributed by atoms with van der Waals surface area (Å²) in [6, 6.07) is 13.8. The molecule has 2 N–H and O–H groups in total. The van der Waals surface area contributed by atoms with Crippen molar-refractivity contribution in [1.29, 1.82) is 0 Å². The van der Waals surface area contributed by atoms with Crippen LogP contribution in [-0.4, -0.2) is 35.4 Å². The number of hydrogen-bond acceptors (Lipinski definition) is 4. The first-order valence-electron chi connectivity index (χ1n) is 8.55. The largest absolute Gasteiger partial charge is 0.478 e. The highest BCUT2D eigenvalue weighted by atomic mass is 32.2. The minimum absolute atomic E-state index is 0.0965. The van der Waals surface area contributed by atoms with Crippen molar-refractivity contribution in [2.45, 2.75) is 23.8 Å². The average Bonchev–Trinajstić information content (AvgIpc) is 2.67. The van der Waals surface area contributed by atoms with Gasteiger partial charge in [0.2, 0.25) is 0 Å². The van der Waals surface area contributed by atoms with Crippen molar-refractivity contribution in [3.8, 4) is 0 Å². The number of amides is 1. The molecule has 26 heavy (non-hydrogen) atoms. The molecule has 0 atom stereocenters. The van der Waals surface area contributed by atoms with Gasteiger partial charge in [0.05, 0.1) is 5.56 Å². The number of carboxylic acid groups (broad SMARTS) is 1.